The molecule has 1 aromatic rings. The number of guanidine groups is 1. The molecule has 1 aliphatic heterocycles. The maximum Gasteiger partial charge on any atom is 0.193 e. The van der Waals surface area contributed by atoms with E-state index in [-0.39, 0.29) is 24.0 Å². The summed E-state index contributed by atoms with van der Waals surface area (Å²) in [7, 11) is 1.68. The molecule has 6 nitrogen and oxygen atoms in total. The summed E-state index contributed by atoms with van der Waals surface area (Å²) in [4.78, 5) is 6.83. The van der Waals surface area contributed by atoms with Crippen molar-refractivity contribution < 1.29 is 9.47 Å². The topological polar surface area (TPSA) is 72.1 Å². The first-order chi connectivity index (χ1) is 10.7. The molecule has 0 amide bonds. The van der Waals surface area contributed by atoms with Crippen LogP contribution in [0.15, 0.2) is 29.3 Å². The number of para-hydroxylation sites is 1. The fraction of sp³-hybridized carbons (Fsp3) is 0.562. The number of nitrogens with two attached hydrogens (primary N) is 1. The van der Waals surface area contributed by atoms with E-state index in [1.165, 1.54) is 0 Å². The van der Waals surface area contributed by atoms with E-state index < -0.39 is 0 Å². The van der Waals surface area contributed by atoms with E-state index in [1.807, 2.05) is 24.3 Å². The fourth-order valence-corrected chi connectivity index (χ4v) is 2.47. The van der Waals surface area contributed by atoms with Gasteiger partial charge in [0, 0.05) is 37.5 Å². The van der Waals surface area contributed by atoms with Crippen LogP contribution in [-0.2, 0) is 16.1 Å². The lowest BCUT2D eigenvalue weighted by Gasteiger charge is -2.31. The number of morpholine rings is 1. The second kappa shape index (κ2) is 10.8. The van der Waals surface area contributed by atoms with Crippen molar-refractivity contribution in [2.75, 3.05) is 45.3 Å². The molecule has 1 saturated heterocycles. The smallest absolute Gasteiger partial charge is 0.193 e. The number of rotatable bonds is 6. The van der Waals surface area contributed by atoms with Gasteiger partial charge in [-0.2, -0.15) is 0 Å². The molecule has 0 saturated carbocycles. The van der Waals surface area contributed by atoms with Crippen molar-refractivity contribution in [2.24, 2.45) is 10.7 Å². The Morgan fingerprint density at radius 3 is 2.78 bits per heavy atom. The Morgan fingerprint density at radius 1 is 1.39 bits per heavy atom. The van der Waals surface area contributed by atoms with Crippen molar-refractivity contribution in [3.8, 4) is 0 Å². The lowest BCUT2D eigenvalue weighted by atomic mass is 10.2. The molecule has 0 radical (unpaired) electrons. The number of halogens is 1. The Morgan fingerprint density at radius 2 is 2.09 bits per heavy atom. The summed E-state index contributed by atoms with van der Waals surface area (Å²) < 4.78 is 10.6. The number of anilines is 1. The first-order valence-electron chi connectivity index (χ1n) is 7.66. The molecule has 7 heteroatoms. The van der Waals surface area contributed by atoms with Crippen LogP contribution in [0.3, 0.4) is 0 Å². The van der Waals surface area contributed by atoms with Gasteiger partial charge in [-0.05, 0) is 13.0 Å². The van der Waals surface area contributed by atoms with Gasteiger partial charge in [0.15, 0.2) is 5.96 Å². The lowest BCUT2D eigenvalue weighted by molar-refractivity contribution is 0.0221. The van der Waals surface area contributed by atoms with Crippen molar-refractivity contribution in [1.29, 1.82) is 0 Å². The first kappa shape index (κ1) is 20.1. The van der Waals surface area contributed by atoms with E-state index >= 15 is 0 Å². The average Bonchev–Trinajstić information content (AvgIpc) is 2.55. The quantitative estimate of drug-likeness (QED) is 0.407. The van der Waals surface area contributed by atoms with Crippen LogP contribution < -0.4 is 11.1 Å². The zero-order valence-electron chi connectivity index (χ0n) is 13.8. The van der Waals surface area contributed by atoms with Gasteiger partial charge in [-0.1, -0.05) is 18.2 Å². The molecule has 0 bridgehead atoms. The van der Waals surface area contributed by atoms with Crippen LogP contribution in [0.4, 0.5) is 5.69 Å². The third-order valence-electron chi connectivity index (χ3n) is 3.77. The molecular weight excluding hydrogens is 407 g/mol. The highest BCUT2D eigenvalue weighted by Gasteiger charge is 2.16. The van der Waals surface area contributed by atoms with Gasteiger partial charge in [0.05, 0.1) is 26.4 Å². The standard InChI is InChI=1S/C16H26N4O2.HI/c1-13(20-7-9-22-10-8-20)11-18-16(17)19-15-6-4-3-5-14(15)12-21-2;/h3-6,13H,7-12H2,1-2H3,(H3,17,18,19);1H. The maximum absolute atomic E-state index is 6.00. The Bertz CT molecular complexity index is 493. The highest BCUT2D eigenvalue weighted by atomic mass is 127. The van der Waals surface area contributed by atoms with Crippen LogP contribution in [0.2, 0.25) is 0 Å². The number of methoxy groups -OCH3 is 1. The number of ether oxygens (including phenoxy) is 2. The Balaban J connectivity index is 0.00000264. The molecule has 0 aromatic heterocycles. The third-order valence-corrected chi connectivity index (χ3v) is 3.77. The summed E-state index contributed by atoms with van der Waals surface area (Å²) in [6.07, 6.45) is 0. The Kier molecular flexibility index (Phi) is 9.46. The molecule has 23 heavy (non-hydrogen) atoms. The molecule has 2 rings (SSSR count). The van der Waals surface area contributed by atoms with Gasteiger partial charge in [-0.25, -0.2) is 0 Å². The highest BCUT2D eigenvalue weighted by Crippen LogP contribution is 2.15. The molecular formula is C16H27IN4O2. The van der Waals surface area contributed by atoms with E-state index in [4.69, 9.17) is 15.2 Å². The number of aliphatic imine (C=N–C) groups is 1. The normalized spacial score (nSPS) is 17.4. The highest BCUT2D eigenvalue weighted by molar-refractivity contribution is 14.0. The van der Waals surface area contributed by atoms with Crippen LogP contribution in [0.1, 0.15) is 12.5 Å². The van der Waals surface area contributed by atoms with Gasteiger partial charge >= 0.3 is 0 Å². The van der Waals surface area contributed by atoms with Crippen molar-refractivity contribution in [2.45, 2.75) is 19.6 Å². The summed E-state index contributed by atoms with van der Waals surface area (Å²) in [5.74, 6) is 0.434. The van der Waals surface area contributed by atoms with Crippen LogP contribution >= 0.6 is 24.0 Å². The molecule has 0 spiro atoms. The second-order valence-corrected chi connectivity index (χ2v) is 5.44. The summed E-state index contributed by atoms with van der Waals surface area (Å²) in [6.45, 7) is 6.90. The van der Waals surface area contributed by atoms with E-state index in [9.17, 15) is 0 Å². The predicted molar refractivity (Wildman–Crippen MR) is 105 cm³/mol. The number of benzene rings is 1. The van der Waals surface area contributed by atoms with Crippen molar-refractivity contribution in [1.82, 2.24) is 4.90 Å². The zero-order chi connectivity index (χ0) is 15.8. The average molecular weight is 434 g/mol. The summed E-state index contributed by atoms with van der Waals surface area (Å²) >= 11 is 0. The van der Waals surface area contributed by atoms with Gasteiger partial charge in [0.2, 0.25) is 0 Å². The minimum atomic E-state index is 0. The van der Waals surface area contributed by atoms with Crippen LogP contribution in [0, 0.1) is 0 Å². The second-order valence-electron chi connectivity index (χ2n) is 5.44. The molecule has 0 aliphatic carbocycles. The maximum atomic E-state index is 6.00. The van der Waals surface area contributed by atoms with Crippen LogP contribution in [-0.4, -0.2) is 56.9 Å². The molecule has 1 heterocycles. The monoisotopic (exact) mass is 434 g/mol. The van der Waals surface area contributed by atoms with Crippen molar-refractivity contribution >= 4 is 35.6 Å². The van der Waals surface area contributed by atoms with Gasteiger partial charge in [0.1, 0.15) is 0 Å². The number of nitrogens with one attached hydrogen (secondary N) is 1. The molecule has 1 aliphatic rings. The minimum absolute atomic E-state index is 0. The predicted octanol–water partition coefficient (Wildman–Crippen LogP) is 1.90. The lowest BCUT2D eigenvalue weighted by Crippen LogP contribution is -2.43. The third kappa shape index (κ3) is 6.62. The van der Waals surface area contributed by atoms with Crippen molar-refractivity contribution in [3.05, 3.63) is 29.8 Å². The molecule has 130 valence electrons. The van der Waals surface area contributed by atoms with Crippen LogP contribution in [0.25, 0.3) is 0 Å². The van der Waals surface area contributed by atoms with E-state index in [0.29, 0.717) is 25.2 Å². The molecule has 1 atom stereocenters. The first-order valence-corrected chi connectivity index (χ1v) is 7.66. The largest absolute Gasteiger partial charge is 0.380 e. The van der Waals surface area contributed by atoms with Gasteiger partial charge in [-0.3, -0.25) is 9.89 Å². The van der Waals surface area contributed by atoms with E-state index in [2.05, 4.69) is 22.1 Å². The SMILES string of the molecule is COCc1ccccc1NC(N)=NCC(C)N1CCOCC1.I. The zero-order valence-corrected chi connectivity index (χ0v) is 16.2. The van der Waals surface area contributed by atoms with Gasteiger partial charge < -0.3 is 20.5 Å². The van der Waals surface area contributed by atoms with E-state index in [1.54, 1.807) is 7.11 Å². The number of hydrogen-bond donors (Lipinski definition) is 2. The Labute approximate surface area is 155 Å². The molecule has 1 unspecified atom stereocenters. The number of hydrogen-bond acceptors (Lipinski definition) is 4. The van der Waals surface area contributed by atoms with Crippen LogP contribution in [0.5, 0.6) is 0 Å². The molecule has 3 N–H and O–H groups in total. The molecule has 1 fully saturated rings. The van der Waals surface area contributed by atoms with Gasteiger partial charge in [-0.15, -0.1) is 24.0 Å². The summed E-state index contributed by atoms with van der Waals surface area (Å²) in [5, 5.41) is 3.16. The fourth-order valence-electron chi connectivity index (χ4n) is 2.47. The minimum Gasteiger partial charge on any atom is -0.380 e. The summed E-state index contributed by atoms with van der Waals surface area (Å²) in [5.41, 5.74) is 8.00. The van der Waals surface area contributed by atoms with Crippen molar-refractivity contribution in [3.63, 3.8) is 0 Å². The van der Waals surface area contributed by atoms with E-state index in [0.717, 1.165) is 37.6 Å². The Hall–Kier alpha value is -0.900. The number of nitrogens with zero attached hydrogens (tertiary/aromatic N) is 2. The van der Waals surface area contributed by atoms with Gasteiger partial charge in [0.25, 0.3) is 0 Å². The summed E-state index contributed by atoms with van der Waals surface area (Å²) in [6, 6.07) is 8.29. The molecule has 1 aromatic carbocycles.